The maximum absolute atomic E-state index is 11.3. The van der Waals surface area contributed by atoms with Crippen molar-refractivity contribution in [2.24, 2.45) is 0 Å². The number of aryl methyl sites for hydroxylation is 1. The van der Waals surface area contributed by atoms with Gasteiger partial charge in [0.25, 0.3) is 0 Å². The maximum Gasteiger partial charge on any atom is 0.323 e. The summed E-state index contributed by atoms with van der Waals surface area (Å²) < 4.78 is 0. The van der Waals surface area contributed by atoms with Gasteiger partial charge in [-0.25, -0.2) is 9.78 Å². The summed E-state index contributed by atoms with van der Waals surface area (Å²) in [4.78, 5) is 24.4. The number of aromatic nitrogens is 4. The molecule has 0 spiro atoms. The van der Waals surface area contributed by atoms with Crippen LogP contribution in [0.4, 0.5) is 0 Å². The zero-order chi connectivity index (χ0) is 16.2. The molecule has 7 heteroatoms. The average Bonchev–Trinajstić information content (AvgIpc) is 3.06. The van der Waals surface area contributed by atoms with E-state index in [4.69, 9.17) is 11.6 Å². The van der Waals surface area contributed by atoms with Crippen molar-refractivity contribution in [3.05, 3.63) is 50.9 Å². The van der Waals surface area contributed by atoms with Crippen LogP contribution in [0.2, 0.25) is 5.15 Å². The summed E-state index contributed by atoms with van der Waals surface area (Å²) in [6.45, 7) is 3.46. The predicted octanol–water partition coefficient (Wildman–Crippen LogP) is 2.87. The third-order valence-electron chi connectivity index (χ3n) is 3.76. The van der Waals surface area contributed by atoms with Crippen LogP contribution in [0.1, 0.15) is 36.8 Å². The minimum absolute atomic E-state index is 0.186. The molecule has 0 saturated heterocycles. The summed E-state index contributed by atoms with van der Waals surface area (Å²) in [6, 6.07) is 5.85. The highest BCUT2D eigenvalue weighted by atomic mass is 35.5. The van der Waals surface area contributed by atoms with Crippen LogP contribution < -0.4 is 11.0 Å². The SMILES string of the molecule is CCCCc1nc(Cl)c(CNCc2ccc3[nH]c(=O)[nH]c3c2)[nH]1. The lowest BCUT2D eigenvalue weighted by atomic mass is 10.2. The number of hydrogen-bond donors (Lipinski definition) is 4. The summed E-state index contributed by atoms with van der Waals surface area (Å²) in [7, 11) is 0. The number of hydrogen-bond acceptors (Lipinski definition) is 3. The number of nitrogens with zero attached hydrogens (tertiary/aromatic N) is 1. The van der Waals surface area contributed by atoms with Crippen molar-refractivity contribution < 1.29 is 0 Å². The Kier molecular flexibility index (Phi) is 4.83. The first-order valence-corrected chi connectivity index (χ1v) is 8.18. The van der Waals surface area contributed by atoms with Crippen LogP contribution in [0.3, 0.4) is 0 Å². The Balaban J connectivity index is 1.59. The van der Waals surface area contributed by atoms with Crippen LogP contribution in [-0.4, -0.2) is 19.9 Å². The van der Waals surface area contributed by atoms with Gasteiger partial charge in [0.05, 0.1) is 16.7 Å². The van der Waals surface area contributed by atoms with Crippen LogP contribution in [-0.2, 0) is 19.5 Å². The fourth-order valence-corrected chi connectivity index (χ4v) is 2.76. The second kappa shape index (κ2) is 7.02. The van der Waals surface area contributed by atoms with E-state index in [9.17, 15) is 4.79 Å². The quantitative estimate of drug-likeness (QED) is 0.536. The van der Waals surface area contributed by atoms with Crippen LogP contribution in [0.25, 0.3) is 11.0 Å². The highest BCUT2D eigenvalue weighted by Gasteiger charge is 2.07. The molecular weight excluding hydrogens is 314 g/mol. The third kappa shape index (κ3) is 3.83. The van der Waals surface area contributed by atoms with Crippen molar-refractivity contribution in [1.82, 2.24) is 25.3 Å². The van der Waals surface area contributed by atoms with Crippen molar-refractivity contribution in [2.75, 3.05) is 0 Å². The van der Waals surface area contributed by atoms with Gasteiger partial charge < -0.3 is 20.3 Å². The molecule has 0 saturated carbocycles. The average molecular weight is 334 g/mol. The molecule has 2 heterocycles. The molecule has 23 heavy (non-hydrogen) atoms. The van der Waals surface area contributed by atoms with Gasteiger partial charge in [0.1, 0.15) is 5.82 Å². The standard InChI is InChI=1S/C16H20ClN5O/c1-2-3-4-14-19-13(15(17)22-14)9-18-8-10-5-6-11-12(7-10)21-16(23)20-11/h5-7,18H,2-4,8-9H2,1H3,(H,19,22)(H2,20,21,23). The van der Waals surface area contributed by atoms with Gasteiger partial charge in [-0.2, -0.15) is 0 Å². The van der Waals surface area contributed by atoms with E-state index in [1.54, 1.807) is 0 Å². The smallest absolute Gasteiger partial charge is 0.323 e. The number of halogens is 1. The molecule has 6 nitrogen and oxygen atoms in total. The molecule has 122 valence electrons. The van der Waals surface area contributed by atoms with E-state index in [2.05, 4.69) is 32.2 Å². The van der Waals surface area contributed by atoms with E-state index >= 15 is 0 Å². The Hall–Kier alpha value is -2.05. The Morgan fingerprint density at radius 3 is 2.83 bits per heavy atom. The first-order valence-electron chi connectivity index (χ1n) is 7.80. The largest absolute Gasteiger partial charge is 0.344 e. The fourth-order valence-electron chi connectivity index (χ4n) is 2.54. The molecule has 4 N–H and O–H groups in total. The zero-order valence-corrected chi connectivity index (χ0v) is 13.8. The topological polar surface area (TPSA) is 89.4 Å². The van der Waals surface area contributed by atoms with Gasteiger partial charge in [-0.15, -0.1) is 0 Å². The summed E-state index contributed by atoms with van der Waals surface area (Å²) in [5.41, 5.74) is 3.45. The van der Waals surface area contributed by atoms with E-state index in [1.165, 1.54) is 0 Å². The second-order valence-corrected chi connectivity index (χ2v) is 5.98. The molecular formula is C16H20ClN5O. The Labute approximate surface area is 138 Å². The normalized spacial score (nSPS) is 11.4. The Bertz CT molecular complexity index is 848. The number of nitrogens with one attached hydrogen (secondary N) is 4. The predicted molar refractivity (Wildman–Crippen MR) is 91.7 cm³/mol. The Morgan fingerprint density at radius 2 is 2.00 bits per heavy atom. The summed E-state index contributed by atoms with van der Waals surface area (Å²) in [6.07, 6.45) is 3.16. The monoisotopic (exact) mass is 333 g/mol. The van der Waals surface area contributed by atoms with E-state index in [-0.39, 0.29) is 5.69 Å². The highest BCUT2D eigenvalue weighted by Crippen LogP contribution is 2.15. The van der Waals surface area contributed by atoms with Crippen molar-refractivity contribution in [2.45, 2.75) is 39.3 Å². The summed E-state index contributed by atoms with van der Waals surface area (Å²) in [5, 5.41) is 3.88. The van der Waals surface area contributed by atoms with Crippen LogP contribution in [0, 0.1) is 0 Å². The van der Waals surface area contributed by atoms with E-state index in [0.29, 0.717) is 18.2 Å². The molecule has 0 bridgehead atoms. The number of aromatic amines is 3. The molecule has 3 aromatic rings. The molecule has 1 aromatic carbocycles. The first-order chi connectivity index (χ1) is 11.2. The van der Waals surface area contributed by atoms with Gasteiger partial charge in [-0.1, -0.05) is 31.0 Å². The number of benzene rings is 1. The number of unbranched alkanes of at least 4 members (excludes halogenated alkanes) is 1. The van der Waals surface area contributed by atoms with E-state index in [1.807, 2.05) is 18.2 Å². The van der Waals surface area contributed by atoms with Gasteiger partial charge in [-0.3, -0.25) is 0 Å². The second-order valence-electron chi connectivity index (χ2n) is 5.62. The van der Waals surface area contributed by atoms with Crippen molar-refractivity contribution >= 4 is 22.6 Å². The number of H-pyrrole nitrogens is 3. The minimum atomic E-state index is -0.186. The van der Waals surface area contributed by atoms with Crippen LogP contribution in [0.15, 0.2) is 23.0 Å². The molecule has 0 aliphatic heterocycles. The van der Waals surface area contributed by atoms with Gasteiger partial charge in [0.15, 0.2) is 5.15 Å². The molecule has 2 aromatic heterocycles. The molecule has 0 fully saturated rings. The number of fused-ring (bicyclic) bond motifs is 1. The third-order valence-corrected chi connectivity index (χ3v) is 4.07. The lowest BCUT2D eigenvalue weighted by Gasteiger charge is -2.04. The Morgan fingerprint density at radius 1 is 1.17 bits per heavy atom. The van der Waals surface area contributed by atoms with Crippen LogP contribution in [0.5, 0.6) is 0 Å². The lowest BCUT2D eigenvalue weighted by Crippen LogP contribution is -2.13. The fraction of sp³-hybridized carbons (Fsp3) is 0.375. The van der Waals surface area contributed by atoms with Gasteiger partial charge in [0.2, 0.25) is 0 Å². The van der Waals surface area contributed by atoms with Crippen molar-refractivity contribution in [1.29, 1.82) is 0 Å². The first kappa shape index (κ1) is 15.8. The van der Waals surface area contributed by atoms with E-state index in [0.717, 1.165) is 47.4 Å². The molecule has 3 rings (SSSR count). The lowest BCUT2D eigenvalue weighted by molar-refractivity contribution is 0.679. The molecule has 0 amide bonds. The van der Waals surface area contributed by atoms with Crippen molar-refractivity contribution in [3.8, 4) is 0 Å². The number of imidazole rings is 2. The highest BCUT2D eigenvalue weighted by molar-refractivity contribution is 6.30. The molecule has 0 aliphatic rings. The minimum Gasteiger partial charge on any atom is -0.344 e. The van der Waals surface area contributed by atoms with E-state index < -0.39 is 0 Å². The summed E-state index contributed by atoms with van der Waals surface area (Å²) in [5.74, 6) is 0.944. The van der Waals surface area contributed by atoms with Crippen molar-refractivity contribution in [3.63, 3.8) is 0 Å². The molecule has 0 unspecified atom stereocenters. The zero-order valence-electron chi connectivity index (χ0n) is 13.0. The molecule has 0 radical (unpaired) electrons. The number of rotatable bonds is 7. The van der Waals surface area contributed by atoms with Gasteiger partial charge >= 0.3 is 5.69 Å². The molecule has 0 atom stereocenters. The van der Waals surface area contributed by atoms with Gasteiger partial charge in [-0.05, 0) is 24.1 Å². The maximum atomic E-state index is 11.3. The molecule has 0 aliphatic carbocycles. The summed E-state index contributed by atoms with van der Waals surface area (Å²) >= 11 is 6.16. The van der Waals surface area contributed by atoms with Gasteiger partial charge in [0, 0.05) is 19.5 Å². The van der Waals surface area contributed by atoms with Crippen LogP contribution >= 0.6 is 11.6 Å².